The van der Waals surface area contributed by atoms with Gasteiger partial charge in [0.05, 0.1) is 12.4 Å². The Morgan fingerprint density at radius 3 is 2.73 bits per heavy atom. The minimum Gasteiger partial charge on any atom is -0.494 e. The minimum atomic E-state index is 0.115. The van der Waals surface area contributed by atoms with Crippen LogP contribution < -0.4 is 14.5 Å². The summed E-state index contributed by atoms with van der Waals surface area (Å²) in [5.41, 5.74) is 3.34. The Morgan fingerprint density at radius 1 is 1.07 bits per heavy atom. The number of hydrogen-bond donors (Lipinski definition) is 0. The molecule has 154 valence electrons. The second kappa shape index (κ2) is 8.02. The van der Waals surface area contributed by atoms with Gasteiger partial charge in [-0.3, -0.25) is 9.36 Å². The number of carbonyl (C=O) groups is 1. The van der Waals surface area contributed by atoms with Gasteiger partial charge in [-0.05, 0) is 49.2 Å². The Balaban J connectivity index is 1.26. The van der Waals surface area contributed by atoms with Gasteiger partial charge in [-0.2, -0.15) is 0 Å². The largest absolute Gasteiger partial charge is 0.494 e. The number of carbonyl (C=O) groups excluding carboxylic acids is 1. The molecule has 0 spiro atoms. The molecule has 5 rings (SSSR count). The molecule has 7 nitrogen and oxygen atoms in total. The van der Waals surface area contributed by atoms with Crippen molar-refractivity contribution in [1.29, 1.82) is 0 Å². The van der Waals surface area contributed by atoms with Crippen LogP contribution in [0.15, 0.2) is 53.7 Å². The van der Waals surface area contributed by atoms with Crippen molar-refractivity contribution in [2.24, 2.45) is 0 Å². The van der Waals surface area contributed by atoms with Gasteiger partial charge in [0.25, 0.3) is 0 Å². The van der Waals surface area contributed by atoms with Crippen LogP contribution in [0.1, 0.15) is 12.5 Å². The molecule has 8 heteroatoms. The zero-order chi connectivity index (χ0) is 20.5. The van der Waals surface area contributed by atoms with Crippen molar-refractivity contribution >= 4 is 35.0 Å². The molecule has 0 radical (unpaired) electrons. The highest BCUT2D eigenvalue weighted by atomic mass is 32.2. The number of nitrogens with zero attached hydrogens (tertiary/aromatic N) is 5. The number of hydrogen-bond acceptors (Lipinski definition) is 6. The highest BCUT2D eigenvalue weighted by Gasteiger charge is 2.28. The van der Waals surface area contributed by atoms with Crippen LogP contribution in [0.3, 0.4) is 0 Å². The van der Waals surface area contributed by atoms with E-state index in [1.165, 1.54) is 17.3 Å². The molecule has 1 amide bonds. The summed E-state index contributed by atoms with van der Waals surface area (Å²) in [6.45, 7) is 5.02. The predicted octanol–water partition coefficient (Wildman–Crippen LogP) is 3.51. The molecule has 1 aromatic heterocycles. The van der Waals surface area contributed by atoms with Gasteiger partial charge >= 0.3 is 0 Å². The number of para-hydroxylation sites is 1. The van der Waals surface area contributed by atoms with Crippen molar-refractivity contribution in [3.8, 4) is 5.75 Å². The topological polar surface area (TPSA) is 63.5 Å². The first-order valence-corrected chi connectivity index (χ1v) is 11.2. The maximum Gasteiger partial charge on any atom is 0.237 e. The normalized spacial score (nSPS) is 14.7. The summed E-state index contributed by atoms with van der Waals surface area (Å²) in [5.74, 6) is 2.15. The molecule has 0 aliphatic carbocycles. The molecule has 2 aromatic carbocycles. The lowest BCUT2D eigenvalue weighted by Crippen LogP contribution is -2.30. The smallest absolute Gasteiger partial charge is 0.237 e. The van der Waals surface area contributed by atoms with Crippen molar-refractivity contribution in [2.45, 2.75) is 25.0 Å². The third kappa shape index (κ3) is 3.41. The summed E-state index contributed by atoms with van der Waals surface area (Å²) < 4.78 is 7.61. The molecule has 2 aliphatic heterocycles. The summed E-state index contributed by atoms with van der Waals surface area (Å²) in [6, 6.07) is 16.1. The third-order valence-corrected chi connectivity index (χ3v) is 6.41. The third-order valence-electron chi connectivity index (χ3n) is 5.46. The number of fused-ring (bicyclic) bond motifs is 2. The van der Waals surface area contributed by atoms with E-state index in [1.807, 2.05) is 54.3 Å². The predicted molar refractivity (Wildman–Crippen MR) is 118 cm³/mol. The Hall–Kier alpha value is -3.00. The van der Waals surface area contributed by atoms with E-state index in [0.717, 1.165) is 54.3 Å². The van der Waals surface area contributed by atoms with E-state index in [4.69, 9.17) is 4.74 Å². The van der Waals surface area contributed by atoms with Crippen LogP contribution in [-0.2, 0) is 17.8 Å². The summed E-state index contributed by atoms with van der Waals surface area (Å²) in [6.07, 6.45) is 0.921. The summed E-state index contributed by atoms with van der Waals surface area (Å²) >= 11 is 1.46. The summed E-state index contributed by atoms with van der Waals surface area (Å²) in [5, 5.41) is 9.52. The van der Waals surface area contributed by atoms with Gasteiger partial charge in [-0.1, -0.05) is 30.0 Å². The van der Waals surface area contributed by atoms with Crippen LogP contribution in [0.25, 0.3) is 0 Å². The van der Waals surface area contributed by atoms with Gasteiger partial charge in [0.15, 0.2) is 5.16 Å². The van der Waals surface area contributed by atoms with Gasteiger partial charge in [0.1, 0.15) is 5.75 Å². The van der Waals surface area contributed by atoms with E-state index in [2.05, 4.69) is 25.7 Å². The zero-order valence-corrected chi connectivity index (χ0v) is 17.6. The summed E-state index contributed by atoms with van der Waals surface area (Å²) in [4.78, 5) is 16.8. The number of anilines is 3. The lowest BCUT2D eigenvalue weighted by molar-refractivity contribution is -0.116. The molecule has 0 fully saturated rings. The fourth-order valence-electron chi connectivity index (χ4n) is 4.02. The monoisotopic (exact) mass is 421 g/mol. The van der Waals surface area contributed by atoms with Crippen LogP contribution in [0.4, 0.5) is 17.3 Å². The molecule has 2 aliphatic rings. The molecule has 3 aromatic rings. The molecular formula is C22H23N5O2S. The first-order valence-electron chi connectivity index (χ1n) is 10.2. The highest BCUT2D eigenvalue weighted by Crippen LogP contribution is 2.34. The average molecular weight is 422 g/mol. The Labute approximate surface area is 179 Å². The van der Waals surface area contributed by atoms with Crippen molar-refractivity contribution in [1.82, 2.24) is 14.8 Å². The second-order valence-corrected chi connectivity index (χ2v) is 8.17. The van der Waals surface area contributed by atoms with Crippen molar-refractivity contribution in [2.75, 3.05) is 35.2 Å². The lowest BCUT2D eigenvalue weighted by Gasteiger charge is -2.16. The van der Waals surface area contributed by atoms with Crippen molar-refractivity contribution in [3.05, 3.63) is 54.1 Å². The molecule has 3 heterocycles. The number of amides is 1. The van der Waals surface area contributed by atoms with E-state index in [-0.39, 0.29) is 5.91 Å². The maximum atomic E-state index is 12.8. The molecular weight excluding hydrogens is 398 g/mol. The number of rotatable bonds is 6. The van der Waals surface area contributed by atoms with Crippen LogP contribution in [0, 0.1) is 0 Å². The van der Waals surface area contributed by atoms with Crippen molar-refractivity contribution < 1.29 is 9.53 Å². The molecule has 0 saturated carbocycles. The Morgan fingerprint density at radius 2 is 1.90 bits per heavy atom. The van der Waals surface area contributed by atoms with E-state index >= 15 is 0 Å². The molecule has 30 heavy (non-hydrogen) atoms. The average Bonchev–Trinajstić information content (AvgIpc) is 3.48. The molecule has 0 atom stereocenters. The maximum absolute atomic E-state index is 12.8. The number of aromatic nitrogens is 3. The second-order valence-electron chi connectivity index (χ2n) is 7.23. The first-order chi connectivity index (χ1) is 14.7. The fourth-order valence-corrected chi connectivity index (χ4v) is 4.85. The zero-order valence-electron chi connectivity index (χ0n) is 16.8. The van der Waals surface area contributed by atoms with E-state index in [0.29, 0.717) is 12.4 Å². The Kier molecular flexibility index (Phi) is 5.08. The Bertz CT molecular complexity index is 1070. The van der Waals surface area contributed by atoms with Crippen LogP contribution in [0.2, 0.25) is 0 Å². The van der Waals surface area contributed by atoms with Crippen LogP contribution in [-0.4, -0.2) is 46.1 Å². The fraction of sp³-hybridized carbons (Fsp3) is 0.318. The van der Waals surface area contributed by atoms with E-state index in [1.54, 1.807) is 0 Å². The van der Waals surface area contributed by atoms with Gasteiger partial charge in [0.2, 0.25) is 11.9 Å². The molecule has 0 bridgehead atoms. The molecule has 0 unspecified atom stereocenters. The van der Waals surface area contributed by atoms with Gasteiger partial charge < -0.3 is 14.5 Å². The molecule has 0 saturated heterocycles. The van der Waals surface area contributed by atoms with Crippen LogP contribution in [0.5, 0.6) is 5.75 Å². The number of benzene rings is 2. The van der Waals surface area contributed by atoms with Crippen molar-refractivity contribution in [3.63, 3.8) is 0 Å². The number of thioether (sulfide) groups is 1. The van der Waals surface area contributed by atoms with E-state index < -0.39 is 0 Å². The standard InChI is InChI=1S/C22H23N5O2S/c1-2-29-18-9-7-17(8-10-18)25-13-14-27-21(25)23-24-22(27)30-15-20(28)26-12-11-16-5-3-4-6-19(16)26/h3-10H,2,11-15H2,1H3. The van der Waals surface area contributed by atoms with Gasteiger partial charge in [-0.25, -0.2) is 0 Å². The summed E-state index contributed by atoms with van der Waals surface area (Å²) in [7, 11) is 0. The van der Waals surface area contributed by atoms with Gasteiger partial charge in [-0.15, -0.1) is 10.2 Å². The number of ether oxygens (including phenoxy) is 1. The highest BCUT2D eigenvalue weighted by molar-refractivity contribution is 7.99. The van der Waals surface area contributed by atoms with Gasteiger partial charge in [0, 0.05) is 31.0 Å². The van der Waals surface area contributed by atoms with E-state index in [9.17, 15) is 4.79 Å². The lowest BCUT2D eigenvalue weighted by atomic mass is 10.2. The molecule has 0 N–H and O–H groups in total. The quantitative estimate of drug-likeness (QED) is 0.568. The first kappa shape index (κ1) is 19.0. The van der Waals surface area contributed by atoms with Crippen LogP contribution >= 0.6 is 11.8 Å². The minimum absolute atomic E-state index is 0.115. The SMILES string of the molecule is CCOc1ccc(N2CCn3c(SCC(=O)N4CCc5ccccc54)nnc32)cc1.